The Morgan fingerprint density at radius 3 is 1.27 bits per heavy atom. The molecule has 0 fully saturated rings. The predicted octanol–water partition coefficient (Wildman–Crippen LogP) is 7.94. The van der Waals surface area contributed by atoms with Gasteiger partial charge in [0.1, 0.15) is 0 Å². The lowest BCUT2D eigenvalue weighted by atomic mass is 10.1. The van der Waals surface area contributed by atoms with E-state index in [4.69, 9.17) is 0 Å². The molecule has 0 radical (unpaired) electrons. The average molecular weight is 368 g/mol. The molecule has 0 saturated heterocycles. The number of nitrogens with one attached hydrogen (secondary N) is 1. The molecular formula is C24H49NO. The maximum atomic E-state index is 11.8. The van der Waals surface area contributed by atoms with E-state index in [0.29, 0.717) is 0 Å². The zero-order valence-electron chi connectivity index (χ0n) is 18.3. The molecule has 2 nitrogen and oxygen atoms in total. The van der Waals surface area contributed by atoms with Gasteiger partial charge in [-0.2, -0.15) is 0 Å². The van der Waals surface area contributed by atoms with Crippen molar-refractivity contribution in [2.45, 2.75) is 142 Å². The Bertz CT molecular complexity index is 277. The highest BCUT2D eigenvalue weighted by atomic mass is 16.1. The van der Waals surface area contributed by atoms with Gasteiger partial charge >= 0.3 is 0 Å². The minimum Gasteiger partial charge on any atom is -0.356 e. The largest absolute Gasteiger partial charge is 0.356 e. The Hall–Kier alpha value is -0.530. The van der Waals surface area contributed by atoms with Gasteiger partial charge in [-0.3, -0.25) is 4.79 Å². The quantitative estimate of drug-likeness (QED) is 0.205. The fourth-order valence-electron chi connectivity index (χ4n) is 3.52. The van der Waals surface area contributed by atoms with Gasteiger partial charge in [0.15, 0.2) is 0 Å². The summed E-state index contributed by atoms with van der Waals surface area (Å²) in [5.41, 5.74) is 0. The van der Waals surface area contributed by atoms with E-state index in [1.807, 2.05) is 0 Å². The van der Waals surface area contributed by atoms with Crippen molar-refractivity contribution in [2.75, 3.05) is 6.54 Å². The van der Waals surface area contributed by atoms with Crippen molar-refractivity contribution in [1.29, 1.82) is 0 Å². The molecule has 0 aromatic heterocycles. The monoisotopic (exact) mass is 367 g/mol. The lowest BCUT2D eigenvalue weighted by Crippen LogP contribution is -2.23. The molecule has 0 aromatic rings. The smallest absolute Gasteiger partial charge is 0.219 e. The van der Waals surface area contributed by atoms with Crippen molar-refractivity contribution in [3.8, 4) is 0 Å². The minimum absolute atomic E-state index is 0.265. The van der Waals surface area contributed by atoms with Crippen LogP contribution in [0.5, 0.6) is 0 Å². The van der Waals surface area contributed by atoms with Crippen LogP contribution in [0.3, 0.4) is 0 Å². The van der Waals surface area contributed by atoms with Crippen molar-refractivity contribution >= 4 is 5.91 Å². The first-order chi connectivity index (χ1) is 12.8. The van der Waals surface area contributed by atoms with E-state index < -0.39 is 0 Å². The van der Waals surface area contributed by atoms with Crippen LogP contribution in [0.1, 0.15) is 142 Å². The Labute approximate surface area is 165 Å². The third kappa shape index (κ3) is 21.5. The van der Waals surface area contributed by atoms with Crippen LogP contribution in [0.2, 0.25) is 0 Å². The fourth-order valence-corrected chi connectivity index (χ4v) is 3.52. The van der Waals surface area contributed by atoms with Crippen LogP contribution in [0.15, 0.2) is 0 Å². The molecule has 0 saturated carbocycles. The Balaban J connectivity index is 3.12. The second kappa shape index (κ2) is 22.5. The maximum Gasteiger partial charge on any atom is 0.219 e. The summed E-state index contributed by atoms with van der Waals surface area (Å²) in [5, 5.41) is 3.09. The van der Waals surface area contributed by atoms with Gasteiger partial charge in [0.2, 0.25) is 5.91 Å². The van der Waals surface area contributed by atoms with E-state index in [9.17, 15) is 4.79 Å². The van der Waals surface area contributed by atoms with E-state index >= 15 is 0 Å². The normalized spacial score (nSPS) is 11.0. The van der Waals surface area contributed by atoms with Gasteiger partial charge < -0.3 is 5.32 Å². The fraction of sp³-hybridized carbons (Fsp3) is 0.958. The van der Waals surface area contributed by atoms with E-state index in [-0.39, 0.29) is 5.91 Å². The number of hydrogen-bond donors (Lipinski definition) is 1. The summed E-state index contributed by atoms with van der Waals surface area (Å²) in [5.74, 6) is 0.265. The molecule has 2 heteroatoms. The van der Waals surface area contributed by atoms with Crippen LogP contribution in [0.25, 0.3) is 0 Å². The number of rotatable bonds is 21. The first kappa shape index (κ1) is 25.5. The van der Waals surface area contributed by atoms with Crippen LogP contribution in [-0.2, 0) is 4.79 Å². The number of amides is 1. The summed E-state index contributed by atoms with van der Waals surface area (Å²) in [6.07, 6.45) is 26.1. The Kier molecular flexibility index (Phi) is 22.1. The second-order valence-corrected chi connectivity index (χ2v) is 8.11. The van der Waals surface area contributed by atoms with Crippen LogP contribution < -0.4 is 5.32 Å². The molecule has 156 valence electrons. The maximum absolute atomic E-state index is 11.8. The van der Waals surface area contributed by atoms with Crippen molar-refractivity contribution in [1.82, 2.24) is 5.32 Å². The number of unbranched alkanes of at least 4 members (excludes halogenated alkanes) is 17. The number of carbonyl (C=O) groups excluding carboxylic acids is 1. The van der Waals surface area contributed by atoms with Gasteiger partial charge in [0, 0.05) is 13.0 Å². The molecule has 0 heterocycles. The Morgan fingerprint density at radius 2 is 0.846 bits per heavy atom. The highest BCUT2D eigenvalue weighted by Gasteiger charge is 2.00. The van der Waals surface area contributed by atoms with E-state index in [0.717, 1.165) is 25.8 Å². The predicted molar refractivity (Wildman–Crippen MR) is 117 cm³/mol. The molecule has 0 aromatic carbocycles. The molecule has 1 N–H and O–H groups in total. The van der Waals surface area contributed by atoms with Gasteiger partial charge in [-0.15, -0.1) is 0 Å². The minimum atomic E-state index is 0.265. The Morgan fingerprint density at radius 1 is 0.500 bits per heavy atom. The molecule has 0 aliphatic heterocycles. The number of hydrogen-bond acceptors (Lipinski definition) is 1. The van der Waals surface area contributed by atoms with Crippen molar-refractivity contribution in [2.24, 2.45) is 0 Å². The molecule has 0 spiro atoms. The van der Waals surface area contributed by atoms with E-state index in [1.54, 1.807) is 0 Å². The van der Waals surface area contributed by atoms with Gasteiger partial charge in [0.05, 0.1) is 0 Å². The summed E-state index contributed by atoms with van der Waals surface area (Å²) in [4.78, 5) is 11.8. The first-order valence-corrected chi connectivity index (χ1v) is 12.1. The summed E-state index contributed by atoms with van der Waals surface area (Å²) in [7, 11) is 0. The molecule has 0 atom stereocenters. The first-order valence-electron chi connectivity index (χ1n) is 12.1. The van der Waals surface area contributed by atoms with Crippen LogP contribution >= 0.6 is 0 Å². The molecule has 0 aliphatic carbocycles. The zero-order chi connectivity index (χ0) is 19.1. The summed E-state index contributed by atoms with van der Waals surface area (Å²) in [6, 6.07) is 0. The summed E-state index contributed by atoms with van der Waals surface area (Å²) >= 11 is 0. The molecule has 26 heavy (non-hydrogen) atoms. The molecular weight excluding hydrogens is 318 g/mol. The SMILES string of the molecule is CCCCCCCCCCCCCCNC(=O)CCCCCCCCC. The second-order valence-electron chi connectivity index (χ2n) is 8.11. The number of carbonyl (C=O) groups is 1. The van der Waals surface area contributed by atoms with Crippen molar-refractivity contribution in [3.05, 3.63) is 0 Å². The summed E-state index contributed by atoms with van der Waals surface area (Å²) in [6.45, 7) is 5.41. The van der Waals surface area contributed by atoms with Crippen molar-refractivity contribution in [3.63, 3.8) is 0 Å². The molecule has 0 bridgehead atoms. The third-order valence-corrected chi connectivity index (χ3v) is 5.36. The van der Waals surface area contributed by atoms with Crippen LogP contribution in [0, 0.1) is 0 Å². The average Bonchev–Trinajstić information content (AvgIpc) is 2.64. The molecule has 1 amide bonds. The van der Waals surface area contributed by atoms with E-state index in [2.05, 4.69) is 19.2 Å². The van der Waals surface area contributed by atoms with Gasteiger partial charge in [-0.25, -0.2) is 0 Å². The zero-order valence-corrected chi connectivity index (χ0v) is 18.3. The lowest BCUT2D eigenvalue weighted by Gasteiger charge is -2.06. The van der Waals surface area contributed by atoms with Crippen LogP contribution in [-0.4, -0.2) is 12.5 Å². The highest BCUT2D eigenvalue weighted by molar-refractivity contribution is 5.75. The summed E-state index contributed by atoms with van der Waals surface area (Å²) < 4.78 is 0. The molecule has 0 rings (SSSR count). The van der Waals surface area contributed by atoms with Crippen molar-refractivity contribution < 1.29 is 4.79 Å². The lowest BCUT2D eigenvalue weighted by molar-refractivity contribution is -0.121. The van der Waals surface area contributed by atoms with Crippen LogP contribution in [0.4, 0.5) is 0 Å². The van der Waals surface area contributed by atoms with Gasteiger partial charge in [-0.1, -0.05) is 123 Å². The highest BCUT2D eigenvalue weighted by Crippen LogP contribution is 2.12. The van der Waals surface area contributed by atoms with E-state index in [1.165, 1.54) is 109 Å². The third-order valence-electron chi connectivity index (χ3n) is 5.36. The van der Waals surface area contributed by atoms with Gasteiger partial charge in [-0.05, 0) is 12.8 Å². The standard InChI is InChI=1S/C24H49NO/c1-3-5-7-9-11-12-13-14-15-17-19-21-23-25-24(26)22-20-18-16-10-8-6-4-2/h3-23H2,1-2H3,(H,25,26). The molecule has 0 aliphatic rings. The molecule has 0 unspecified atom stereocenters. The topological polar surface area (TPSA) is 29.1 Å². The van der Waals surface area contributed by atoms with Gasteiger partial charge in [0.25, 0.3) is 0 Å².